The van der Waals surface area contributed by atoms with Crippen LogP contribution in [0.5, 0.6) is 0 Å². The lowest BCUT2D eigenvalue weighted by atomic mass is 9.99. The quantitative estimate of drug-likeness (QED) is 0.841. The molecule has 0 radical (unpaired) electrons. The molecule has 0 aliphatic rings. The van der Waals surface area contributed by atoms with Crippen LogP contribution < -0.4 is 5.32 Å². The molecule has 17 heavy (non-hydrogen) atoms. The van der Waals surface area contributed by atoms with E-state index in [2.05, 4.69) is 60.3 Å². The van der Waals surface area contributed by atoms with E-state index >= 15 is 0 Å². The van der Waals surface area contributed by atoms with Gasteiger partial charge in [-0.15, -0.1) is 0 Å². The Labute approximate surface area is 108 Å². The highest BCUT2D eigenvalue weighted by atomic mass is 32.1. The summed E-state index contributed by atoms with van der Waals surface area (Å²) >= 11 is 1.77. The smallest absolute Gasteiger partial charge is 0.0361 e. The van der Waals surface area contributed by atoms with Crippen LogP contribution in [0.4, 0.5) is 0 Å². The predicted molar refractivity (Wildman–Crippen MR) is 75.6 cm³/mol. The predicted octanol–water partition coefficient (Wildman–Crippen LogP) is 3.95. The fourth-order valence-corrected chi connectivity index (χ4v) is 2.77. The molecule has 1 aromatic heterocycles. The Morgan fingerprint density at radius 3 is 2.82 bits per heavy atom. The van der Waals surface area contributed by atoms with Gasteiger partial charge in [-0.3, -0.25) is 0 Å². The molecule has 1 aromatic carbocycles. The zero-order valence-electron chi connectivity index (χ0n) is 10.4. The molecule has 0 saturated heterocycles. The van der Waals surface area contributed by atoms with Crippen LogP contribution in [0.2, 0.25) is 0 Å². The van der Waals surface area contributed by atoms with Crippen LogP contribution in [-0.2, 0) is 6.42 Å². The maximum absolute atomic E-state index is 3.57. The standard InChI is InChI=1S/C15H19NS/c1-3-16-15(10-13-7-8-17-11-13)14-6-4-5-12(2)9-14/h4-9,11,15-16H,3,10H2,1-2H3. The van der Waals surface area contributed by atoms with E-state index in [1.54, 1.807) is 11.3 Å². The number of nitrogens with one attached hydrogen (secondary N) is 1. The van der Waals surface area contributed by atoms with E-state index in [0.717, 1.165) is 13.0 Å². The Hall–Kier alpha value is -1.12. The summed E-state index contributed by atoms with van der Waals surface area (Å²) in [6, 6.07) is 11.4. The van der Waals surface area contributed by atoms with Crippen molar-refractivity contribution in [2.45, 2.75) is 26.3 Å². The minimum atomic E-state index is 0.425. The van der Waals surface area contributed by atoms with Crippen LogP contribution in [0.1, 0.15) is 29.7 Å². The van der Waals surface area contributed by atoms with Crippen molar-refractivity contribution in [1.82, 2.24) is 5.32 Å². The third kappa shape index (κ3) is 3.42. The van der Waals surface area contributed by atoms with Gasteiger partial charge in [-0.2, -0.15) is 11.3 Å². The monoisotopic (exact) mass is 245 g/mol. The van der Waals surface area contributed by atoms with Crippen molar-refractivity contribution < 1.29 is 0 Å². The van der Waals surface area contributed by atoms with Gasteiger partial charge in [0.1, 0.15) is 0 Å². The van der Waals surface area contributed by atoms with Crippen molar-refractivity contribution in [3.63, 3.8) is 0 Å². The van der Waals surface area contributed by atoms with E-state index in [9.17, 15) is 0 Å². The first-order valence-corrected chi connectivity index (χ1v) is 7.05. The molecule has 0 aliphatic heterocycles. The highest BCUT2D eigenvalue weighted by Crippen LogP contribution is 2.20. The van der Waals surface area contributed by atoms with Gasteiger partial charge in [0, 0.05) is 6.04 Å². The molecular weight excluding hydrogens is 226 g/mol. The minimum Gasteiger partial charge on any atom is -0.310 e. The summed E-state index contributed by atoms with van der Waals surface area (Å²) in [6.07, 6.45) is 1.07. The van der Waals surface area contributed by atoms with Crippen LogP contribution >= 0.6 is 11.3 Å². The average molecular weight is 245 g/mol. The summed E-state index contributed by atoms with van der Waals surface area (Å²) in [5, 5.41) is 7.95. The molecule has 1 nitrogen and oxygen atoms in total. The van der Waals surface area contributed by atoms with Gasteiger partial charge in [0.05, 0.1) is 0 Å². The highest BCUT2D eigenvalue weighted by Gasteiger charge is 2.11. The molecule has 1 atom stereocenters. The number of aryl methyl sites for hydroxylation is 1. The second kappa shape index (κ2) is 5.99. The summed E-state index contributed by atoms with van der Waals surface area (Å²) in [6.45, 7) is 5.32. The van der Waals surface area contributed by atoms with Crippen LogP contribution in [0.25, 0.3) is 0 Å². The van der Waals surface area contributed by atoms with Crippen LogP contribution in [0, 0.1) is 6.92 Å². The number of benzene rings is 1. The van der Waals surface area contributed by atoms with Crippen LogP contribution in [-0.4, -0.2) is 6.54 Å². The summed E-state index contributed by atoms with van der Waals surface area (Å²) in [7, 11) is 0. The molecule has 0 fully saturated rings. The molecule has 2 heteroatoms. The summed E-state index contributed by atoms with van der Waals surface area (Å²) in [5.41, 5.74) is 4.14. The van der Waals surface area contributed by atoms with E-state index in [1.165, 1.54) is 16.7 Å². The Morgan fingerprint density at radius 2 is 2.18 bits per heavy atom. The Kier molecular flexibility index (Phi) is 4.35. The zero-order chi connectivity index (χ0) is 12.1. The van der Waals surface area contributed by atoms with E-state index in [1.807, 2.05) is 0 Å². The SMILES string of the molecule is CCNC(Cc1ccsc1)c1cccc(C)c1. The van der Waals surface area contributed by atoms with E-state index in [0.29, 0.717) is 6.04 Å². The highest BCUT2D eigenvalue weighted by molar-refractivity contribution is 7.07. The van der Waals surface area contributed by atoms with Crippen molar-refractivity contribution >= 4 is 11.3 Å². The number of rotatable bonds is 5. The maximum Gasteiger partial charge on any atom is 0.0361 e. The summed E-state index contributed by atoms with van der Waals surface area (Å²) < 4.78 is 0. The topological polar surface area (TPSA) is 12.0 Å². The first-order chi connectivity index (χ1) is 8.29. The molecule has 2 rings (SSSR count). The van der Waals surface area contributed by atoms with Crippen LogP contribution in [0.15, 0.2) is 41.1 Å². The van der Waals surface area contributed by atoms with Crippen molar-refractivity contribution in [1.29, 1.82) is 0 Å². The molecule has 0 bridgehead atoms. The van der Waals surface area contributed by atoms with Gasteiger partial charge < -0.3 is 5.32 Å². The lowest BCUT2D eigenvalue weighted by molar-refractivity contribution is 0.550. The number of hydrogen-bond acceptors (Lipinski definition) is 2. The van der Waals surface area contributed by atoms with Gasteiger partial charge in [0.25, 0.3) is 0 Å². The van der Waals surface area contributed by atoms with Crippen molar-refractivity contribution in [3.8, 4) is 0 Å². The molecule has 0 saturated carbocycles. The Morgan fingerprint density at radius 1 is 1.29 bits per heavy atom. The Balaban J connectivity index is 2.16. The number of likely N-dealkylation sites (N-methyl/N-ethyl adjacent to an activating group) is 1. The van der Waals surface area contributed by atoms with Crippen molar-refractivity contribution in [2.24, 2.45) is 0 Å². The fourth-order valence-electron chi connectivity index (χ4n) is 2.09. The van der Waals surface area contributed by atoms with Gasteiger partial charge >= 0.3 is 0 Å². The molecule has 0 spiro atoms. The van der Waals surface area contributed by atoms with E-state index in [4.69, 9.17) is 0 Å². The first kappa shape index (κ1) is 12.3. The summed E-state index contributed by atoms with van der Waals surface area (Å²) in [5.74, 6) is 0. The third-order valence-corrected chi connectivity index (χ3v) is 3.65. The number of hydrogen-bond donors (Lipinski definition) is 1. The normalized spacial score (nSPS) is 12.6. The second-order valence-electron chi connectivity index (χ2n) is 4.36. The molecule has 2 aromatic rings. The third-order valence-electron chi connectivity index (χ3n) is 2.91. The minimum absolute atomic E-state index is 0.425. The van der Waals surface area contributed by atoms with Crippen LogP contribution in [0.3, 0.4) is 0 Å². The maximum atomic E-state index is 3.57. The molecule has 0 amide bonds. The van der Waals surface area contributed by atoms with Crippen molar-refractivity contribution in [2.75, 3.05) is 6.54 Å². The Bertz CT molecular complexity index is 448. The zero-order valence-corrected chi connectivity index (χ0v) is 11.3. The van der Waals surface area contributed by atoms with E-state index in [-0.39, 0.29) is 0 Å². The second-order valence-corrected chi connectivity index (χ2v) is 5.14. The lowest BCUT2D eigenvalue weighted by Crippen LogP contribution is -2.22. The summed E-state index contributed by atoms with van der Waals surface area (Å²) in [4.78, 5) is 0. The van der Waals surface area contributed by atoms with Gasteiger partial charge in [0.15, 0.2) is 0 Å². The lowest BCUT2D eigenvalue weighted by Gasteiger charge is -2.18. The molecule has 0 aliphatic carbocycles. The van der Waals surface area contributed by atoms with Gasteiger partial charge in [-0.05, 0) is 47.8 Å². The number of thiophene rings is 1. The average Bonchev–Trinajstić information content (AvgIpc) is 2.81. The van der Waals surface area contributed by atoms with Gasteiger partial charge in [-0.25, -0.2) is 0 Å². The van der Waals surface area contributed by atoms with Gasteiger partial charge in [0.2, 0.25) is 0 Å². The molecule has 1 N–H and O–H groups in total. The molecule has 1 heterocycles. The van der Waals surface area contributed by atoms with E-state index < -0.39 is 0 Å². The largest absolute Gasteiger partial charge is 0.310 e. The fraction of sp³-hybridized carbons (Fsp3) is 0.333. The first-order valence-electron chi connectivity index (χ1n) is 6.10. The van der Waals surface area contributed by atoms with Gasteiger partial charge in [-0.1, -0.05) is 36.8 Å². The molecule has 1 unspecified atom stereocenters. The molecule has 90 valence electrons. The molecular formula is C15H19NS. The van der Waals surface area contributed by atoms with Crippen molar-refractivity contribution in [3.05, 3.63) is 57.8 Å².